The highest BCUT2D eigenvalue weighted by Crippen LogP contribution is 2.67. The van der Waals surface area contributed by atoms with Crippen molar-refractivity contribution in [3.63, 3.8) is 0 Å². The smallest absolute Gasteiger partial charge is 0.255 e. The number of anilines is 2. The van der Waals surface area contributed by atoms with Gasteiger partial charge in [0.05, 0.1) is 36.9 Å². The molecule has 2 bridgehead atoms. The van der Waals surface area contributed by atoms with Crippen LogP contribution < -0.4 is 19.7 Å². The molecule has 1 saturated heterocycles. The third-order valence-corrected chi connectivity index (χ3v) is 9.04. The van der Waals surface area contributed by atoms with Gasteiger partial charge in [0.15, 0.2) is 0 Å². The van der Waals surface area contributed by atoms with Crippen molar-refractivity contribution >= 4 is 29.1 Å². The second kappa shape index (κ2) is 9.06. The van der Waals surface area contributed by atoms with Gasteiger partial charge in [-0.15, -0.1) is 0 Å². The Morgan fingerprint density at radius 2 is 1.46 bits per heavy atom. The summed E-state index contributed by atoms with van der Waals surface area (Å²) >= 11 is 0. The van der Waals surface area contributed by atoms with E-state index in [1.807, 2.05) is 31.2 Å². The van der Waals surface area contributed by atoms with E-state index in [4.69, 9.17) is 9.47 Å². The number of hydrogen-bond acceptors (Lipinski definition) is 5. The van der Waals surface area contributed by atoms with Gasteiger partial charge in [0.2, 0.25) is 11.8 Å². The maximum Gasteiger partial charge on any atom is 0.255 e. The summed E-state index contributed by atoms with van der Waals surface area (Å²) in [4.78, 5) is 43.2. The second-order valence-corrected chi connectivity index (χ2v) is 11.0. The predicted octanol–water partition coefficient (Wildman–Crippen LogP) is 5.74. The molecule has 8 rings (SSSR count). The van der Waals surface area contributed by atoms with E-state index in [-0.39, 0.29) is 23.7 Å². The first-order valence-electron chi connectivity index (χ1n) is 13.6. The molecule has 2 atom stereocenters. The van der Waals surface area contributed by atoms with Crippen molar-refractivity contribution in [3.05, 3.63) is 119 Å². The minimum Gasteiger partial charge on any atom is -0.497 e. The number of nitrogens with one attached hydrogen (secondary N) is 1. The van der Waals surface area contributed by atoms with Crippen LogP contribution in [-0.2, 0) is 9.59 Å². The molecule has 0 aromatic heterocycles. The maximum atomic E-state index is 14.4. The van der Waals surface area contributed by atoms with E-state index < -0.39 is 17.2 Å². The summed E-state index contributed by atoms with van der Waals surface area (Å²) in [6.07, 6.45) is 0. The Hall–Kier alpha value is -4.91. The molecule has 4 aromatic rings. The summed E-state index contributed by atoms with van der Waals surface area (Å²) in [6, 6.07) is 28.1. The molecule has 204 valence electrons. The van der Waals surface area contributed by atoms with Crippen molar-refractivity contribution < 1.29 is 23.9 Å². The SMILES string of the molecule is COc1ccc(NC(=O)c2cccc(N3C(=O)[C@H]4C5c6ccccc6C(c6ccccc65)[C@]4(C)C3=O)c2)c(OC)c1. The quantitative estimate of drug-likeness (QED) is 0.324. The van der Waals surface area contributed by atoms with Gasteiger partial charge in [-0.25, -0.2) is 4.90 Å². The van der Waals surface area contributed by atoms with Gasteiger partial charge in [0.25, 0.3) is 5.91 Å². The van der Waals surface area contributed by atoms with Crippen LogP contribution in [0.5, 0.6) is 11.5 Å². The lowest BCUT2D eigenvalue weighted by atomic mass is 9.48. The highest BCUT2D eigenvalue weighted by molar-refractivity contribution is 6.25. The van der Waals surface area contributed by atoms with E-state index in [1.165, 1.54) is 12.0 Å². The van der Waals surface area contributed by atoms with Crippen LogP contribution in [0.3, 0.4) is 0 Å². The van der Waals surface area contributed by atoms with Crippen molar-refractivity contribution in [2.45, 2.75) is 18.8 Å². The van der Waals surface area contributed by atoms with Gasteiger partial charge in [-0.05, 0) is 59.5 Å². The molecule has 0 spiro atoms. The van der Waals surface area contributed by atoms with E-state index in [0.717, 1.165) is 22.3 Å². The van der Waals surface area contributed by atoms with Crippen LogP contribution in [0.2, 0.25) is 0 Å². The molecular formula is C34H28N2O5. The molecule has 4 aliphatic rings. The number of benzene rings is 4. The monoisotopic (exact) mass is 544 g/mol. The zero-order valence-electron chi connectivity index (χ0n) is 22.9. The van der Waals surface area contributed by atoms with Gasteiger partial charge in [0, 0.05) is 23.5 Å². The van der Waals surface area contributed by atoms with E-state index >= 15 is 0 Å². The molecular weight excluding hydrogens is 516 g/mol. The summed E-state index contributed by atoms with van der Waals surface area (Å²) in [6.45, 7) is 1.94. The molecule has 7 nitrogen and oxygen atoms in total. The summed E-state index contributed by atoms with van der Waals surface area (Å²) in [5.74, 6) is -0.796. The zero-order valence-corrected chi connectivity index (χ0v) is 22.9. The Kier molecular flexibility index (Phi) is 5.54. The highest BCUT2D eigenvalue weighted by atomic mass is 16.5. The maximum absolute atomic E-state index is 14.4. The number of imide groups is 1. The first-order valence-corrected chi connectivity index (χ1v) is 13.6. The highest BCUT2D eigenvalue weighted by Gasteiger charge is 2.68. The van der Waals surface area contributed by atoms with Crippen molar-refractivity contribution in [2.24, 2.45) is 11.3 Å². The zero-order chi connectivity index (χ0) is 28.5. The first-order chi connectivity index (χ1) is 19.9. The number of hydrogen-bond donors (Lipinski definition) is 1. The third-order valence-electron chi connectivity index (χ3n) is 9.04. The topological polar surface area (TPSA) is 84.9 Å². The van der Waals surface area contributed by atoms with Crippen LogP contribution in [0, 0.1) is 11.3 Å². The van der Waals surface area contributed by atoms with Crippen molar-refractivity contribution in [1.29, 1.82) is 0 Å². The van der Waals surface area contributed by atoms with Gasteiger partial charge < -0.3 is 14.8 Å². The van der Waals surface area contributed by atoms with E-state index in [9.17, 15) is 14.4 Å². The summed E-state index contributed by atoms with van der Waals surface area (Å²) in [5.41, 5.74) is 4.68. The molecule has 4 aromatic carbocycles. The summed E-state index contributed by atoms with van der Waals surface area (Å²) in [5, 5.41) is 2.87. The largest absolute Gasteiger partial charge is 0.497 e. The molecule has 7 heteroatoms. The molecule has 0 radical (unpaired) electrons. The predicted molar refractivity (Wildman–Crippen MR) is 155 cm³/mol. The minimum atomic E-state index is -0.945. The lowest BCUT2D eigenvalue weighted by Crippen LogP contribution is -2.49. The second-order valence-electron chi connectivity index (χ2n) is 11.0. The first kappa shape index (κ1) is 25.1. The molecule has 3 amide bonds. The molecule has 1 heterocycles. The lowest BCUT2D eigenvalue weighted by Gasteiger charge is -2.51. The number of amides is 3. The molecule has 1 fully saturated rings. The molecule has 0 saturated carbocycles. The van der Waals surface area contributed by atoms with Crippen molar-refractivity contribution in [1.82, 2.24) is 0 Å². The van der Waals surface area contributed by atoms with Gasteiger partial charge in [0.1, 0.15) is 11.5 Å². The van der Waals surface area contributed by atoms with Gasteiger partial charge >= 0.3 is 0 Å². The summed E-state index contributed by atoms with van der Waals surface area (Å²) < 4.78 is 10.7. The standard InChI is InChI=1S/C34H28N2O5/c1-34-29-24-13-6-4-11-22(24)28(23-12-5-7-14-25(23)29)30(34)32(38)36(33(34)39)20-10-8-9-19(17-20)31(37)35-26-16-15-21(40-2)18-27(26)41-3/h4-18,28-30H,1-3H3,(H,35,37)/t28?,29?,30-,34+/m1/s1. The Morgan fingerprint density at radius 3 is 2.10 bits per heavy atom. The summed E-state index contributed by atoms with van der Waals surface area (Å²) in [7, 11) is 3.07. The fourth-order valence-electron chi connectivity index (χ4n) is 7.24. The van der Waals surface area contributed by atoms with E-state index in [1.54, 1.807) is 49.6 Å². The number of rotatable bonds is 5. The van der Waals surface area contributed by atoms with Crippen molar-refractivity contribution in [2.75, 3.05) is 24.4 Å². The average Bonchev–Trinajstić information content (AvgIpc) is 3.22. The van der Waals surface area contributed by atoms with Crippen LogP contribution >= 0.6 is 0 Å². The van der Waals surface area contributed by atoms with Gasteiger partial charge in [-0.1, -0.05) is 54.6 Å². The molecule has 1 N–H and O–H groups in total. The number of carbonyl (C=O) groups excluding carboxylic acids is 3. The third kappa shape index (κ3) is 3.41. The van der Waals surface area contributed by atoms with Crippen molar-refractivity contribution in [3.8, 4) is 11.5 Å². The number of carbonyl (C=O) groups is 3. The Balaban J connectivity index is 1.26. The Morgan fingerprint density at radius 1 is 0.805 bits per heavy atom. The fraction of sp³-hybridized carbons (Fsp3) is 0.206. The number of nitrogens with zero attached hydrogens (tertiary/aromatic N) is 1. The Bertz CT molecular complexity index is 1720. The van der Waals surface area contributed by atoms with Crippen LogP contribution in [-0.4, -0.2) is 31.9 Å². The molecule has 1 aliphatic heterocycles. The normalized spacial score (nSPS) is 23.5. The van der Waals surface area contributed by atoms with Crippen LogP contribution in [0.15, 0.2) is 91.0 Å². The fourth-order valence-corrected chi connectivity index (χ4v) is 7.24. The number of methoxy groups -OCH3 is 2. The molecule has 41 heavy (non-hydrogen) atoms. The van der Waals surface area contributed by atoms with Gasteiger partial charge in [-0.2, -0.15) is 0 Å². The van der Waals surface area contributed by atoms with Crippen LogP contribution in [0.25, 0.3) is 0 Å². The lowest BCUT2D eigenvalue weighted by molar-refractivity contribution is -0.128. The molecule has 3 aliphatic carbocycles. The minimum absolute atomic E-state index is 0.215. The Labute approximate surface area is 237 Å². The van der Waals surface area contributed by atoms with Crippen LogP contribution in [0.1, 0.15) is 51.4 Å². The van der Waals surface area contributed by atoms with E-state index in [0.29, 0.717) is 28.4 Å². The number of ether oxygens (including phenoxy) is 2. The average molecular weight is 545 g/mol. The van der Waals surface area contributed by atoms with Crippen LogP contribution in [0.4, 0.5) is 11.4 Å². The van der Waals surface area contributed by atoms with Gasteiger partial charge in [-0.3, -0.25) is 14.4 Å². The molecule has 0 unspecified atom stereocenters. The van der Waals surface area contributed by atoms with E-state index in [2.05, 4.69) is 29.6 Å².